The number of imide groups is 1. The molecule has 4 aliphatic heterocycles. The van der Waals surface area contributed by atoms with Crippen LogP contribution < -0.4 is 36.0 Å². The maximum Gasteiger partial charge on any atom is 0.301 e. The number of hydrogen-bond donors (Lipinski definition) is 3. The first-order valence-corrected chi connectivity index (χ1v) is 20.8. The standard InChI is InChI=1S/C42H45ClF2N10O4/c1-52-29-12-10-24(18-27(29)33-35(39(52)58)59-22-42(44,45)36(49-33)23-8-9-23)47-37-28(43)19-46-40(50-37)55-17-5-15-41(21-55)14-4-16-54(20-41)30-7-3-6-25-32(51-53(2)34(25)30)26-11-13-31(56)48-38(26)57/h3,6-7,10,12,18-19,23,26,36,49H,4-5,8-9,11,13-17,20-22H2,1-2H3,(H,46,47,50)(H,48,56,57)/t26?,36-,41?/m0/s1. The number of nitrogens with one attached hydrogen (secondary N) is 3. The normalized spacial score (nSPS) is 24.4. The third kappa shape index (κ3) is 6.59. The average Bonchev–Trinajstić information content (AvgIpc) is 4.02. The smallest absolute Gasteiger partial charge is 0.301 e. The summed E-state index contributed by atoms with van der Waals surface area (Å²) in [5.74, 6) is -3.51. The van der Waals surface area contributed by atoms with Crippen LogP contribution in [-0.4, -0.2) is 80.9 Å². The van der Waals surface area contributed by atoms with Crippen LogP contribution in [-0.2, 0) is 23.7 Å². The van der Waals surface area contributed by atoms with Gasteiger partial charge in [-0.05, 0) is 75.1 Å². The van der Waals surface area contributed by atoms with Crippen molar-refractivity contribution in [2.24, 2.45) is 25.4 Å². The summed E-state index contributed by atoms with van der Waals surface area (Å²) in [6.45, 7) is 2.39. The van der Waals surface area contributed by atoms with E-state index in [1.165, 1.54) is 4.57 Å². The van der Waals surface area contributed by atoms with Gasteiger partial charge >= 0.3 is 5.92 Å². The second-order valence-electron chi connectivity index (χ2n) is 17.0. The van der Waals surface area contributed by atoms with Gasteiger partial charge in [-0.15, -0.1) is 0 Å². The summed E-state index contributed by atoms with van der Waals surface area (Å²) in [5, 5.41) is 15.5. The van der Waals surface area contributed by atoms with Crippen LogP contribution in [0.4, 0.5) is 37.6 Å². The van der Waals surface area contributed by atoms with Gasteiger partial charge in [-0.3, -0.25) is 24.4 Å². The predicted octanol–water partition coefficient (Wildman–Crippen LogP) is 6.24. The SMILES string of the molecule is Cn1nc(C2CCC(=O)NC2=O)c2cccc(N3CCCC4(CCCN(c5ncc(Cl)c(Nc6ccc7c(c6)c6c(c(=O)n7C)OCC(F)(F)[C@H](C7CC7)N6)n5)C4)C3)c21. The van der Waals surface area contributed by atoms with Crippen molar-refractivity contribution in [3.05, 3.63) is 63.7 Å². The maximum absolute atomic E-state index is 15.2. The number of halogens is 3. The number of nitrogens with zero attached hydrogens (tertiary/aromatic N) is 7. The second kappa shape index (κ2) is 14.1. The molecule has 1 saturated carbocycles. The van der Waals surface area contributed by atoms with Crippen LogP contribution in [0.25, 0.3) is 21.8 Å². The summed E-state index contributed by atoms with van der Waals surface area (Å²) in [5.41, 5.74) is 3.69. The Balaban J connectivity index is 0.911. The number of ether oxygens (including phenoxy) is 1. The summed E-state index contributed by atoms with van der Waals surface area (Å²) in [4.78, 5) is 52.3. The van der Waals surface area contributed by atoms with E-state index < -0.39 is 30.0 Å². The van der Waals surface area contributed by atoms with Crippen molar-refractivity contribution in [3.63, 3.8) is 0 Å². The number of alkyl halides is 2. The maximum atomic E-state index is 15.2. The molecule has 1 spiro atoms. The Morgan fingerprint density at radius 2 is 1.76 bits per heavy atom. The molecule has 3 N–H and O–H groups in total. The zero-order valence-corrected chi connectivity index (χ0v) is 33.6. The topological polar surface area (TPSA) is 152 Å². The van der Waals surface area contributed by atoms with Crippen LogP contribution in [0.5, 0.6) is 5.75 Å². The number of hydrogen-bond acceptors (Lipinski definition) is 11. The van der Waals surface area contributed by atoms with E-state index in [1.54, 1.807) is 31.4 Å². The average molecular weight is 827 g/mol. The zero-order chi connectivity index (χ0) is 40.8. The van der Waals surface area contributed by atoms with E-state index in [-0.39, 0.29) is 34.6 Å². The van der Waals surface area contributed by atoms with Crippen molar-refractivity contribution in [2.45, 2.75) is 69.2 Å². The van der Waals surface area contributed by atoms with E-state index in [9.17, 15) is 14.4 Å². The van der Waals surface area contributed by atoms with Crippen LogP contribution in [0.2, 0.25) is 5.02 Å². The third-order valence-corrected chi connectivity index (χ3v) is 13.3. The van der Waals surface area contributed by atoms with Gasteiger partial charge in [0.25, 0.3) is 5.56 Å². The molecular weight excluding hydrogens is 782 g/mol. The molecule has 2 aromatic carbocycles. The molecule has 308 valence electrons. The van der Waals surface area contributed by atoms with E-state index in [1.807, 2.05) is 23.9 Å². The number of anilines is 5. The molecule has 1 aliphatic carbocycles. The van der Waals surface area contributed by atoms with Gasteiger partial charge in [0.05, 0.1) is 46.3 Å². The third-order valence-electron chi connectivity index (χ3n) is 13.0. The van der Waals surface area contributed by atoms with Crippen molar-refractivity contribution in [2.75, 3.05) is 53.2 Å². The molecule has 3 saturated heterocycles. The Kier molecular flexibility index (Phi) is 8.99. The lowest BCUT2D eigenvalue weighted by Crippen LogP contribution is -2.53. The Labute approximate surface area is 343 Å². The van der Waals surface area contributed by atoms with Gasteiger partial charge in [0.15, 0.2) is 12.4 Å². The number of amides is 2. The Hall–Kier alpha value is -5.51. The summed E-state index contributed by atoms with van der Waals surface area (Å²) >= 11 is 6.72. The van der Waals surface area contributed by atoms with Crippen molar-refractivity contribution < 1.29 is 23.1 Å². The molecule has 4 fully saturated rings. The van der Waals surface area contributed by atoms with Crippen LogP contribution >= 0.6 is 11.6 Å². The minimum Gasteiger partial charge on any atom is -0.480 e. The molecule has 3 atom stereocenters. The number of piperidine rings is 3. The van der Waals surface area contributed by atoms with Crippen LogP contribution in [0, 0.1) is 11.3 Å². The largest absolute Gasteiger partial charge is 0.480 e. The fourth-order valence-electron chi connectivity index (χ4n) is 9.96. The number of fused-ring (bicyclic) bond motifs is 4. The molecular formula is C42H45ClF2N10O4. The first kappa shape index (κ1) is 37.7. The van der Waals surface area contributed by atoms with Gasteiger partial charge < -0.3 is 29.7 Å². The number of benzene rings is 2. The van der Waals surface area contributed by atoms with Gasteiger partial charge in [0.1, 0.15) is 5.02 Å². The van der Waals surface area contributed by atoms with Crippen LogP contribution in [0.15, 0.2) is 47.4 Å². The van der Waals surface area contributed by atoms with E-state index >= 15 is 8.78 Å². The molecule has 3 aromatic heterocycles. The van der Waals surface area contributed by atoms with Crippen molar-refractivity contribution in [1.29, 1.82) is 0 Å². The zero-order valence-electron chi connectivity index (χ0n) is 32.9. The molecule has 7 heterocycles. The fourth-order valence-corrected chi connectivity index (χ4v) is 10.1. The number of aryl methyl sites for hydroxylation is 2. The number of aromatic nitrogens is 5. The van der Waals surface area contributed by atoms with Crippen molar-refractivity contribution in [1.82, 2.24) is 29.6 Å². The van der Waals surface area contributed by atoms with Gasteiger partial charge in [-0.2, -0.15) is 10.1 Å². The van der Waals surface area contributed by atoms with E-state index in [0.717, 1.165) is 68.5 Å². The van der Waals surface area contributed by atoms with Gasteiger partial charge in [-0.1, -0.05) is 23.7 Å². The Morgan fingerprint density at radius 3 is 2.54 bits per heavy atom. The number of carbonyl (C=O) groups excluding carboxylic acids is 2. The highest BCUT2D eigenvalue weighted by atomic mass is 35.5. The first-order chi connectivity index (χ1) is 28.4. The molecule has 17 heteroatoms. The van der Waals surface area contributed by atoms with Gasteiger partial charge in [0.2, 0.25) is 23.5 Å². The van der Waals surface area contributed by atoms with Crippen molar-refractivity contribution in [3.8, 4) is 5.75 Å². The van der Waals surface area contributed by atoms with E-state index in [2.05, 4.69) is 36.8 Å². The summed E-state index contributed by atoms with van der Waals surface area (Å²) in [6.07, 6.45) is 7.79. The lowest BCUT2D eigenvalue weighted by atomic mass is 9.73. The predicted molar refractivity (Wildman–Crippen MR) is 221 cm³/mol. The van der Waals surface area contributed by atoms with Crippen molar-refractivity contribution >= 4 is 74.0 Å². The molecule has 14 nitrogen and oxygen atoms in total. The summed E-state index contributed by atoms with van der Waals surface area (Å²) in [7, 11) is 3.52. The van der Waals surface area contributed by atoms with Crippen LogP contribution in [0.3, 0.4) is 0 Å². The van der Waals surface area contributed by atoms with E-state index in [4.69, 9.17) is 26.4 Å². The number of carbonyl (C=O) groups is 2. The molecule has 59 heavy (non-hydrogen) atoms. The molecule has 0 bridgehead atoms. The van der Waals surface area contributed by atoms with E-state index in [0.29, 0.717) is 64.8 Å². The minimum absolute atomic E-state index is 0.0312. The highest BCUT2D eigenvalue weighted by Crippen LogP contribution is 2.47. The molecule has 10 rings (SSSR count). The second-order valence-corrected chi connectivity index (χ2v) is 17.4. The lowest BCUT2D eigenvalue weighted by Gasteiger charge is -2.49. The number of para-hydroxylation sites is 1. The fraction of sp³-hybridized carbons (Fsp3) is 0.476. The molecule has 2 unspecified atom stereocenters. The summed E-state index contributed by atoms with van der Waals surface area (Å²) in [6, 6.07) is 10.4. The lowest BCUT2D eigenvalue weighted by molar-refractivity contribution is -0.134. The highest BCUT2D eigenvalue weighted by Gasteiger charge is 2.51. The van der Waals surface area contributed by atoms with Gasteiger partial charge in [0, 0.05) is 68.6 Å². The molecule has 5 aromatic rings. The molecule has 5 aliphatic rings. The Morgan fingerprint density at radius 1 is 0.983 bits per heavy atom. The number of rotatable bonds is 6. The first-order valence-electron chi connectivity index (χ1n) is 20.4. The molecule has 2 amide bonds. The quantitative estimate of drug-likeness (QED) is 0.167. The Bertz CT molecular complexity index is 2610. The van der Waals surface area contributed by atoms with Gasteiger partial charge in [-0.25, -0.2) is 13.8 Å². The number of pyridine rings is 1. The monoisotopic (exact) mass is 826 g/mol. The highest BCUT2D eigenvalue weighted by molar-refractivity contribution is 6.33. The minimum atomic E-state index is -3.14. The molecule has 0 radical (unpaired) electrons. The van der Waals surface area contributed by atoms with Crippen LogP contribution in [0.1, 0.15) is 63.0 Å². The summed E-state index contributed by atoms with van der Waals surface area (Å²) < 4.78 is 39.3.